The Morgan fingerprint density at radius 1 is 1.18 bits per heavy atom. The molecule has 1 aliphatic heterocycles. The van der Waals surface area contributed by atoms with Crippen LogP contribution in [0.2, 0.25) is 5.02 Å². The molecule has 1 unspecified atom stereocenters. The standard InChI is InChI=1S/C16H12ClF6NO4/c17-9-3-1-2-4-11(9)28-8-5-13(25)24(7-8)10(14(26)27)6-12(15(18,19)20)16(21,22)23/h1-5,10,12H,6-7H2,(H,26,27). The molecule has 154 valence electrons. The number of hydrogen-bond acceptors (Lipinski definition) is 3. The van der Waals surface area contributed by atoms with Gasteiger partial charge >= 0.3 is 18.3 Å². The number of carbonyl (C=O) groups excluding carboxylic acids is 1. The average Bonchev–Trinajstić information content (AvgIpc) is 2.87. The van der Waals surface area contributed by atoms with Crippen molar-refractivity contribution in [3.63, 3.8) is 0 Å². The maximum absolute atomic E-state index is 12.8. The van der Waals surface area contributed by atoms with Gasteiger partial charge in [-0.25, -0.2) is 4.79 Å². The van der Waals surface area contributed by atoms with Gasteiger partial charge in [0.2, 0.25) is 0 Å². The van der Waals surface area contributed by atoms with E-state index in [1.165, 1.54) is 18.2 Å². The second kappa shape index (κ2) is 7.90. The molecule has 0 saturated heterocycles. The molecule has 1 heterocycles. The molecular weight excluding hydrogens is 420 g/mol. The molecule has 1 aromatic carbocycles. The van der Waals surface area contributed by atoms with Gasteiger partial charge in [-0.15, -0.1) is 0 Å². The van der Waals surface area contributed by atoms with Gasteiger partial charge in [0.15, 0.2) is 5.92 Å². The van der Waals surface area contributed by atoms with Crippen molar-refractivity contribution in [2.24, 2.45) is 5.92 Å². The molecule has 1 aliphatic rings. The molecule has 0 aliphatic carbocycles. The van der Waals surface area contributed by atoms with Gasteiger partial charge in [0, 0.05) is 6.08 Å². The molecular formula is C16H12ClF6NO4. The second-order valence-corrected chi connectivity index (χ2v) is 6.24. The highest BCUT2D eigenvalue weighted by Gasteiger charge is 2.58. The number of carbonyl (C=O) groups is 2. The first kappa shape index (κ1) is 21.9. The van der Waals surface area contributed by atoms with Gasteiger partial charge in [0.05, 0.1) is 11.6 Å². The van der Waals surface area contributed by atoms with E-state index < -0.39 is 49.2 Å². The largest absolute Gasteiger partial charge is 0.480 e. The minimum Gasteiger partial charge on any atom is -0.480 e. The predicted octanol–water partition coefficient (Wildman–Crippen LogP) is 4.03. The summed E-state index contributed by atoms with van der Waals surface area (Å²) < 4.78 is 81.9. The third-order valence-electron chi connectivity index (χ3n) is 3.88. The average molecular weight is 432 g/mol. The Balaban J connectivity index is 2.20. The zero-order chi connectivity index (χ0) is 21.3. The normalized spacial score (nSPS) is 16.4. The van der Waals surface area contributed by atoms with Crippen LogP contribution in [-0.2, 0) is 9.59 Å². The van der Waals surface area contributed by atoms with Crippen molar-refractivity contribution in [1.82, 2.24) is 4.90 Å². The lowest BCUT2D eigenvalue weighted by Crippen LogP contribution is -2.48. The Hall–Kier alpha value is -2.43. The molecule has 0 aromatic heterocycles. The first-order chi connectivity index (χ1) is 12.8. The first-order valence-corrected chi connectivity index (χ1v) is 7.98. The molecule has 1 atom stereocenters. The van der Waals surface area contributed by atoms with E-state index in [4.69, 9.17) is 21.4 Å². The Morgan fingerprint density at radius 3 is 2.25 bits per heavy atom. The molecule has 0 bridgehead atoms. The van der Waals surface area contributed by atoms with Crippen molar-refractivity contribution in [3.05, 3.63) is 41.1 Å². The number of ether oxygens (including phenoxy) is 1. The summed E-state index contributed by atoms with van der Waals surface area (Å²) in [6, 6.07) is 3.61. The van der Waals surface area contributed by atoms with E-state index in [0.29, 0.717) is 4.90 Å². The molecule has 0 fully saturated rings. The highest BCUT2D eigenvalue weighted by molar-refractivity contribution is 6.32. The summed E-state index contributed by atoms with van der Waals surface area (Å²) in [6.45, 7) is -0.622. The molecule has 28 heavy (non-hydrogen) atoms. The number of benzene rings is 1. The topological polar surface area (TPSA) is 66.8 Å². The smallest absolute Gasteiger partial charge is 0.400 e. The monoisotopic (exact) mass is 431 g/mol. The maximum Gasteiger partial charge on any atom is 0.400 e. The lowest BCUT2D eigenvalue weighted by molar-refractivity contribution is -0.287. The molecule has 2 rings (SSSR count). The summed E-state index contributed by atoms with van der Waals surface area (Å²) in [4.78, 5) is 23.7. The van der Waals surface area contributed by atoms with E-state index in [0.717, 1.165) is 6.08 Å². The fourth-order valence-corrected chi connectivity index (χ4v) is 2.72. The van der Waals surface area contributed by atoms with Gasteiger partial charge < -0.3 is 14.7 Å². The van der Waals surface area contributed by atoms with E-state index >= 15 is 0 Å². The minimum absolute atomic E-state index is 0.0837. The minimum atomic E-state index is -5.72. The number of carboxylic acids is 1. The van der Waals surface area contributed by atoms with Gasteiger partial charge in [-0.2, -0.15) is 26.3 Å². The number of para-hydroxylation sites is 1. The van der Waals surface area contributed by atoms with E-state index in [-0.39, 0.29) is 16.5 Å². The van der Waals surface area contributed by atoms with E-state index in [2.05, 4.69) is 0 Å². The number of halogens is 7. The molecule has 0 saturated carbocycles. The van der Waals surface area contributed by atoms with Gasteiger partial charge in [-0.1, -0.05) is 23.7 Å². The Bertz CT molecular complexity index is 778. The highest BCUT2D eigenvalue weighted by Crippen LogP contribution is 2.43. The van der Waals surface area contributed by atoms with Crippen LogP contribution in [-0.4, -0.2) is 46.8 Å². The number of alkyl halides is 6. The number of rotatable bonds is 6. The Labute approximate surface area is 159 Å². The molecule has 0 radical (unpaired) electrons. The van der Waals surface area contributed by atoms with Crippen LogP contribution in [0, 0.1) is 5.92 Å². The van der Waals surface area contributed by atoms with Gasteiger partial charge in [-0.05, 0) is 18.6 Å². The molecule has 5 nitrogen and oxygen atoms in total. The number of carboxylic acid groups (broad SMARTS) is 1. The molecule has 0 spiro atoms. The lowest BCUT2D eigenvalue weighted by Gasteiger charge is -2.30. The van der Waals surface area contributed by atoms with Crippen LogP contribution in [0.4, 0.5) is 26.3 Å². The van der Waals surface area contributed by atoms with Crippen molar-refractivity contribution < 1.29 is 45.8 Å². The van der Waals surface area contributed by atoms with Crippen molar-refractivity contribution in [3.8, 4) is 5.75 Å². The molecule has 1 N–H and O–H groups in total. The SMILES string of the molecule is O=C(O)C(CC(C(F)(F)F)C(F)(F)F)N1CC(Oc2ccccc2Cl)=CC1=O. The molecule has 12 heteroatoms. The fourth-order valence-electron chi connectivity index (χ4n) is 2.54. The van der Waals surface area contributed by atoms with E-state index in [1.807, 2.05) is 0 Å². The summed E-state index contributed by atoms with van der Waals surface area (Å²) in [6.07, 6.45) is -12.5. The van der Waals surface area contributed by atoms with Crippen molar-refractivity contribution in [1.29, 1.82) is 0 Å². The van der Waals surface area contributed by atoms with Crippen molar-refractivity contribution >= 4 is 23.5 Å². The Kier molecular flexibility index (Phi) is 6.17. The summed E-state index contributed by atoms with van der Waals surface area (Å²) in [5.74, 6) is -7.07. The first-order valence-electron chi connectivity index (χ1n) is 7.60. The third-order valence-corrected chi connectivity index (χ3v) is 4.19. The fraction of sp³-hybridized carbons (Fsp3) is 0.375. The van der Waals surface area contributed by atoms with Crippen LogP contribution in [0.5, 0.6) is 5.75 Å². The quantitative estimate of drug-likeness (QED) is 0.691. The van der Waals surface area contributed by atoms with Crippen LogP contribution < -0.4 is 4.74 Å². The predicted molar refractivity (Wildman–Crippen MR) is 83.5 cm³/mol. The lowest BCUT2D eigenvalue weighted by atomic mass is 9.97. The third kappa shape index (κ3) is 5.09. The summed E-state index contributed by atoms with van der Waals surface area (Å²) in [5.41, 5.74) is 0. The van der Waals surface area contributed by atoms with E-state index in [9.17, 15) is 35.9 Å². The van der Waals surface area contributed by atoms with Gasteiger partial charge in [0.25, 0.3) is 5.91 Å². The van der Waals surface area contributed by atoms with Crippen molar-refractivity contribution in [2.45, 2.75) is 24.8 Å². The summed E-state index contributed by atoms with van der Waals surface area (Å²) in [7, 11) is 0. The summed E-state index contributed by atoms with van der Waals surface area (Å²) in [5, 5.41) is 9.28. The summed E-state index contributed by atoms with van der Waals surface area (Å²) >= 11 is 5.86. The number of amides is 1. The Morgan fingerprint density at radius 2 is 1.75 bits per heavy atom. The van der Waals surface area contributed by atoms with Crippen LogP contribution in [0.3, 0.4) is 0 Å². The van der Waals surface area contributed by atoms with Crippen LogP contribution in [0.15, 0.2) is 36.1 Å². The highest BCUT2D eigenvalue weighted by atomic mass is 35.5. The molecule has 1 amide bonds. The van der Waals surface area contributed by atoms with Crippen LogP contribution >= 0.6 is 11.6 Å². The number of nitrogens with zero attached hydrogens (tertiary/aromatic N) is 1. The maximum atomic E-state index is 12.8. The van der Waals surface area contributed by atoms with E-state index in [1.54, 1.807) is 6.07 Å². The second-order valence-electron chi connectivity index (χ2n) is 5.83. The zero-order valence-electron chi connectivity index (χ0n) is 13.7. The zero-order valence-corrected chi connectivity index (χ0v) is 14.5. The molecule has 1 aromatic rings. The number of hydrogen-bond donors (Lipinski definition) is 1. The van der Waals surface area contributed by atoms with Crippen LogP contribution in [0.1, 0.15) is 6.42 Å². The van der Waals surface area contributed by atoms with Gasteiger partial charge in [0.1, 0.15) is 17.6 Å². The van der Waals surface area contributed by atoms with Gasteiger partial charge in [-0.3, -0.25) is 4.79 Å². The van der Waals surface area contributed by atoms with Crippen molar-refractivity contribution in [2.75, 3.05) is 6.54 Å². The number of aliphatic carboxylic acids is 1. The van der Waals surface area contributed by atoms with Crippen LogP contribution in [0.25, 0.3) is 0 Å².